The van der Waals surface area contributed by atoms with Gasteiger partial charge >= 0.3 is 0 Å². The highest BCUT2D eigenvalue weighted by Crippen LogP contribution is 2.44. The standard InChI is InChI=1S/C29H29ClN4O7S3/c1-3-32-24-17-22(30)20(18-31)16-23(24)33(12-5-15-43(35,36)37)27(32)6-4-7-28-34(13-10-19(2)44(38,39)40)29-21-11-14-41-25(21)8-9-26(29)42-28/h4,6-9,11,14,16-17,19H,3,5,10,12-13,15H2,1-2H3,(H-,35,36,37,38,39,40)/p+1. The van der Waals surface area contributed by atoms with Crippen LogP contribution in [0.15, 0.2) is 59.0 Å². The van der Waals surface area contributed by atoms with Crippen LogP contribution in [0, 0.1) is 11.3 Å². The number of aryl methyl sites for hydroxylation is 1. The second kappa shape index (κ2) is 12.5. The molecule has 0 amide bonds. The molecule has 0 bridgehead atoms. The zero-order valence-electron chi connectivity index (χ0n) is 23.8. The topological polar surface area (TPSA) is 156 Å². The zero-order chi connectivity index (χ0) is 31.8. The van der Waals surface area contributed by atoms with E-state index in [2.05, 4.69) is 6.07 Å². The first-order valence-electron chi connectivity index (χ1n) is 13.7. The van der Waals surface area contributed by atoms with Gasteiger partial charge in [-0.3, -0.25) is 9.11 Å². The second-order valence-corrected chi connectivity index (χ2v) is 15.2. The maximum atomic E-state index is 11.7. The van der Waals surface area contributed by atoms with Gasteiger partial charge < -0.3 is 14.2 Å². The van der Waals surface area contributed by atoms with E-state index >= 15 is 0 Å². The Morgan fingerprint density at radius 2 is 1.91 bits per heavy atom. The summed E-state index contributed by atoms with van der Waals surface area (Å²) in [4.78, 5) is 3.90. The molecule has 0 radical (unpaired) electrons. The van der Waals surface area contributed by atoms with Gasteiger partial charge in [-0.1, -0.05) is 29.0 Å². The highest BCUT2D eigenvalue weighted by atomic mass is 35.5. The molecule has 0 saturated carbocycles. The molecule has 1 aliphatic rings. The lowest BCUT2D eigenvalue weighted by Crippen LogP contribution is -2.37. The van der Waals surface area contributed by atoms with Crippen molar-refractivity contribution in [2.75, 3.05) is 28.6 Å². The van der Waals surface area contributed by atoms with Gasteiger partial charge in [-0.05, 0) is 56.7 Å². The Morgan fingerprint density at radius 3 is 2.59 bits per heavy atom. The summed E-state index contributed by atoms with van der Waals surface area (Å²) < 4.78 is 73.8. The summed E-state index contributed by atoms with van der Waals surface area (Å²) in [5.41, 5.74) is 3.34. The summed E-state index contributed by atoms with van der Waals surface area (Å²) in [6.07, 6.45) is 7.57. The largest absolute Gasteiger partial charge is 0.464 e. The van der Waals surface area contributed by atoms with Crippen LogP contribution < -0.4 is 14.4 Å². The highest BCUT2D eigenvalue weighted by Gasteiger charge is 2.32. The van der Waals surface area contributed by atoms with Crippen molar-refractivity contribution in [1.82, 2.24) is 0 Å². The van der Waals surface area contributed by atoms with Crippen LogP contribution >= 0.6 is 22.9 Å². The van der Waals surface area contributed by atoms with Crippen molar-refractivity contribution in [2.24, 2.45) is 0 Å². The van der Waals surface area contributed by atoms with E-state index in [9.17, 15) is 31.2 Å². The summed E-state index contributed by atoms with van der Waals surface area (Å²) >= 11 is 7.89. The SMILES string of the molecule is CCN1/C(=C\C=C\c2sc3ccc4occc4c3[n+]2CCC(C)S(=O)(=O)O)N(CCCS(=O)(=O)O)c2cc(C#N)c(Cl)cc21. The number of thiazole rings is 1. The Kier molecular flexibility index (Phi) is 9.08. The summed E-state index contributed by atoms with van der Waals surface area (Å²) in [7, 11) is -8.36. The van der Waals surface area contributed by atoms with Crippen molar-refractivity contribution in [1.29, 1.82) is 5.26 Å². The monoisotopic (exact) mass is 677 g/mol. The van der Waals surface area contributed by atoms with Gasteiger partial charge in [-0.25, -0.2) is 0 Å². The summed E-state index contributed by atoms with van der Waals surface area (Å²) in [5, 5.41) is 10.6. The van der Waals surface area contributed by atoms with E-state index in [1.807, 2.05) is 57.7 Å². The number of halogens is 1. The van der Waals surface area contributed by atoms with Crippen molar-refractivity contribution >= 4 is 81.8 Å². The number of hydrogen-bond acceptors (Lipinski definition) is 9. The number of hydrogen-bond donors (Lipinski definition) is 2. The fourth-order valence-electron chi connectivity index (χ4n) is 5.28. The Balaban J connectivity index is 1.56. The van der Waals surface area contributed by atoms with E-state index in [1.54, 1.807) is 18.4 Å². The Morgan fingerprint density at radius 1 is 1.16 bits per heavy atom. The van der Waals surface area contributed by atoms with E-state index in [-0.39, 0.29) is 24.9 Å². The third kappa shape index (κ3) is 6.49. The fourth-order valence-corrected chi connectivity index (χ4v) is 7.50. The molecule has 15 heteroatoms. The molecule has 0 spiro atoms. The van der Waals surface area contributed by atoms with Crippen LogP contribution in [0.3, 0.4) is 0 Å². The van der Waals surface area contributed by atoms with E-state index in [4.69, 9.17) is 16.0 Å². The molecule has 2 aromatic carbocycles. The van der Waals surface area contributed by atoms with Crippen molar-refractivity contribution in [3.63, 3.8) is 0 Å². The van der Waals surface area contributed by atoms with Gasteiger partial charge in [-0.2, -0.15) is 26.7 Å². The summed E-state index contributed by atoms with van der Waals surface area (Å²) in [5.74, 6) is 0.309. The second-order valence-electron chi connectivity index (χ2n) is 10.3. The minimum atomic E-state index is -4.20. The molecule has 0 fully saturated rings. The van der Waals surface area contributed by atoms with Gasteiger partial charge in [-0.15, -0.1) is 0 Å². The molecule has 1 atom stereocenters. The third-order valence-corrected chi connectivity index (χ3v) is 11.0. The number of rotatable bonds is 11. The number of nitriles is 1. The fraction of sp³-hybridized carbons (Fsp3) is 0.310. The normalized spacial score (nSPS) is 15.6. The van der Waals surface area contributed by atoms with Crippen molar-refractivity contribution in [3.8, 4) is 6.07 Å². The summed E-state index contributed by atoms with van der Waals surface area (Å²) in [6.45, 7) is 4.56. The number of fused-ring (bicyclic) bond motifs is 4. The van der Waals surface area contributed by atoms with E-state index in [0.717, 1.165) is 32.1 Å². The van der Waals surface area contributed by atoms with Gasteiger partial charge in [0.25, 0.3) is 25.2 Å². The van der Waals surface area contributed by atoms with Crippen molar-refractivity contribution in [2.45, 2.75) is 38.5 Å². The molecule has 4 aromatic rings. The van der Waals surface area contributed by atoms with Gasteiger partial charge in [0, 0.05) is 25.6 Å². The molecule has 1 unspecified atom stereocenters. The molecule has 0 saturated heterocycles. The maximum Gasteiger partial charge on any atom is 0.267 e. The average Bonchev–Trinajstić information content (AvgIpc) is 3.64. The molecular weight excluding hydrogens is 648 g/mol. The van der Waals surface area contributed by atoms with Crippen LogP contribution in [-0.2, 0) is 26.8 Å². The molecule has 5 rings (SSSR count). The molecule has 1 aliphatic heterocycles. The van der Waals surface area contributed by atoms with E-state index in [0.29, 0.717) is 29.4 Å². The van der Waals surface area contributed by atoms with Gasteiger partial charge in [0.1, 0.15) is 22.2 Å². The minimum absolute atomic E-state index is 0.143. The number of aromatic nitrogens is 1. The smallest absolute Gasteiger partial charge is 0.267 e. The predicted molar refractivity (Wildman–Crippen MR) is 172 cm³/mol. The van der Waals surface area contributed by atoms with Gasteiger partial charge in [0.2, 0.25) is 5.52 Å². The molecule has 232 valence electrons. The quantitative estimate of drug-likeness (QED) is 0.151. The predicted octanol–water partition coefficient (Wildman–Crippen LogP) is 5.61. The third-order valence-electron chi connectivity index (χ3n) is 7.49. The van der Waals surface area contributed by atoms with E-state index in [1.165, 1.54) is 18.3 Å². The lowest BCUT2D eigenvalue weighted by atomic mass is 10.1. The number of nitrogens with zero attached hydrogens (tertiary/aromatic N) is 4. The number of benzene rings is 2. The Labute approximate surface area is 264 Å². The van der Waals surface area contributed by atoms with Gasteiger partial charge in [0.15, 0.2) is 6.54 Å². The maximum absolute atomic E-state index is 11.7. The lowest BCUT2D eigenvalue weighted by Gasteiger charge is -2.24. The van der Waals surface area contributed by atoms with Crippen LogP contribution in [-0.4, -0.2) is 50.0 Å². The van der Waals surface area contributed by atoms with Crippen LogP contribution in [0.2, 0.25) is 5.02 Å². The molecule has 0 aliphatic carbocycles. The number of allylic oxidation sites excluding steroid dienone is 2. The molecule has 2 aromatic heterocycles. The molecule has 2 N–H and O–H groups in total. The first-order chi connectivity index (χ1) is 20.8. The lowest BCUT2D eigenvalue weighted by molar-refractivity contribution is -0.668. The molecular formula is C29H30ClN4O7S3+. The molecule has 44 heavy (non-hydrogen) atoms. The Hall–Kier alpha value is -3.45. The van der Waals surface area contributed by atoms with Crippen LogP contribution in [0.25, 0.3) is 27.3 Å². The van der Waals surface area contributed by atoms with Crippen molar-refractivity contribution < 1.29 is 34.9 Å². The van der Waals surface area contributed by atoms with Crippen LogP contribution in [0.1, 0.15) is 37.3 Å². The first kappa shape index (κ1) is 32.0. The van der Waals surface area contributed by atoms with Crippen LogP contribution in [0.4, 0.5) is 11.4 Å². The average molecular weight is 678 g/mol. The van der Waals surface area contributed by atoms with E-state index < -0.39 is 31.2 Å². The van der Waals surface area contributed by atoms with Gasteiger partial charge in [0.05, 0.1) is 44.6 Å². The van der Waals surface area contributed by atoms with Crippen molar-refractivity contribution in [3.05, 3.63) is 70.2 Å². The molecule has 11 nitrogen and oxygen atoms in total. The zero-order valence-corrected chi connectivity index (χ0v) is 27.0. The Bertz CT molecular complexity index is 2060. The van der Waals surface area contributed by atoms with Crippen LogP contribution in [0.5, 0.6) is 0 Å². The molecule has 3 heterocycles. The number of furan rings is 1. The number of anilines is 2. The summed E-state index contributed by atoms with van der Waals surface area (Å²) in [6, 6.07) is 11.2. The first-order valence-corrected chi connectivity index (χ1v) is 18.0. The minimum Gasteiger partial charge on any atom is -0.464 e. The highest BCUT2D eigenvalue weighted by molar-refractivity contribution is 7.86.